The molecule has 0 atom stereocenters. The topological polar surface area (TPSA) is 9.23 Å². The number of hydrogen-bond donors (Lipinski definition) is 0. The largest absolute Gasteiger partial charge is 0.458 e. The van der Waals surface area contributed by atoms with Crippen LogP contribution in [0.4, 0.5) is 39.5 Å². The highest BCUT2D eigenvalue weighted by atomic mass is 19.4. The van der Waals surface area contributed by atoms with Crippen LogP contribution in [0, 0.1) is 35.1 Å². The summed E-state index contributed by atoms with van der Waals surface area (Å²) in [4.78, 5) is 0. The van der Waals surface area contributed by atoms with E-state index < -0.39 is 63.2 Å². The standard InChI is InChI=1S/C26H17F9O/c27-20-12-16-10-17(13-22(29)23(16)24(30)18(20)8-9-25(31,32)33)36-26(34,35)19-7-6-15(11-21(19)28)14-4-2-1-3-5-14/h6-7,10-14H,1-5H2. The summed E-state index contributed by atoms with van der Waals surface area (Å²) in [5.41, 5.74) is -1.87. The van der Waals surface area contributed by atoms with Gasteiger partial charge in [0.1, 0.15) is 23.2 Å². The first-order chi connectivity index (χ1) is 16.9. The number of fused-ring (bicyclic) bond motifs is 1. The Morgan fingerprint density at radius 3 is 2.11 bits per heavy atom. The third-order valence-electron chi connectivity index (χ3n) is 6.01. The van der Waals surface area contributed by atoms with E-state index in [2.05, 4.69) is 4.74 Å². The van der Waals surface area contributed by atoms with Crippen LogP contribution in [0.1, 0.15) is 54.7 Å². The number of hydrogen-bond acceptors (Lipinski definition) is 1. The molecule has 0 aromatic heterocycles. The first-order valence-corrected chi connectivity index (χ1v) is 10.9. The first-order valence-electron chi connectivity index (χ1n) is 10.9. The van der Waals surface area contributed by atoms with Gasteiger partial charge in [-0.15, -0.1) is 0 Å². The van der Waals surface area contributed by atoms with E-state index in [9.17, 15) is 39.5 Å². The Hall–Kier alpha value is -3.35. The van der Waals surface area contributed by atoms with Crippen molar-refractivity contribution < 1.29 is 44.3 Å². The van der Waals surface area contributed by atoms with Crippen molar-refractivity contribution in [1.29, 1.82) is 0 Å². The molecule has 0 saturated heterocycles. The molecule has 36 heavy (non-hydrogen) atoms. The number of alkyl halides is 5. The molecular weight excluding hydrogens is 499 g/mol. The minimum absolute atomic E-state index is 0.0573. The van der Waals surface area contributed by atoms with Crippen LogP contribution in [0.3, 0.4) is 0 Å². The highest BCUT2D eigenvalue weighted by Gasteiger charge is 2.38. The Kier molecular flexibility index (Phi) is 6.86. The molecule has 0 unspecified atom stereocenters. The number of benzene rings is 3. The normalized spacial score (nSPS) is 15.0. The fraction of sp³-hybridized carbons (Fsp3) is 0.308. The smallest absolute Gasteiger partial charge is 0.429 e. The van der Waals surface area contributed by atoms with Crippen LogP contribution in [0.5, 0.6) is 5.75 Å². The van der Waals surface area contributed by atoms with E-state index in [0.29, 0.717) is 29.7 Å². The third kappa shape index (κ3) is 5.40. The van der Waals surface area contributed by atoms with Crippen LogP contribution in [-0.2, 0) is 6.11 Å². The number of halogens is 9. The predicted molar refractivity (Wildman–Crippen MR) is 114 cm³/mol. The molecule has 3 aromatic carbocycles. The molecule has 1 saturated carbocycles. The van der Waals surface area contributed by atoms with E-state index in [-0.39, 0.29) is 5.92 Å². The molecule has 190 valence electrons. The van der Waals surface area contributed by atoms with Gasteiger partial charge in [0.2, 0.25) is 0 Å². The van der Waals surface area contributed by atoms with Crippen LogP contribution >= 0.6 is 0 Å². The minimum atomic E-state index is -5.06. The van der Waals surface area contributed by atoms with Crippen molar-refractivity contribution in [1.82, 2.24) is 0 Å². The summed E-state index contributed by atoms with van der Waals surface area (Å²) in [5.74, 6) is -4.92. The van der Waals surface area contributed by atoms with Crippen molar-refractivity contribution in [2.24, 2.45) is 0 Å². The van der Waals surface area contributed by atoms with Gasteiger partial charge >= 0.3 is 12.3 Å². The van der Waals surface area contributed by atoms with E-state index in [4.69, 9.17) is 0 Å². The lowest BCUT2D eigenvalue weighted by Crippen LogP contribution is -2.24. The second kappa shape index (κ2) is 9.60. The Bertz CT molecular complexity index is 1360. The summed E-state index contributed by atoms with van der Waals surface area (Å²) in [6.45, 7) is 0. The SMILES string of the molecule is Fc1cc(C2CCCCC2)ccc1C(F)(F)Oc1cc(F)c2c(F)c(C#CC(F)(F)F)c(F)cc2c1. The fourth-order valence-corrected chi connectivity index (χ4v) is 4.35. The van der Waals surface area contributed by atoms with Crippen LogP contribution in [0.25, 0.3) is 10.8 Å². The lowest BCUT2D eigenvalue weighted by Gasteiger charge is -2.24. The molecule has 0 heterocycles. The average Bonchev–Trinajstić information content (AvgIpc) is 2.77. The van der Waals surface area contributed by atoms with Gasteiger partial charge in [-0.2, -0.15) is 22.0 Å². The summed E-state index contributed by atoms with van der Waals surface area (Å²) in [6, 6.07) is 4.70. The number of ether oxygens (including phenoxy) is 1. The lowest BCUT2D eigenvalue weighted by molar-refractivity contribution is -0.187. The molecule has 0 amide bonds. The summed E-state index contributed by atoms with van der Waals surface area (Å²) < 4.78 is 129. The summed E-state index contributed by atoms with van der Waals surface area (Å²) in [6.07, 6.45) is -4.72. The molecule has 10 heteroatoms. The Labute approximate surface area is 199 Å². The number of rotatable bonds is 4. The highest BCUT2D eigenvalue weighted by Crippen LogP contribution is 2.39. The second-order valence-corrected chi connectivity index (χ2v) is 8.49. The summed E-state index contributed by atoms with van der Waals surface area (Å²) >= 11 is 0. The molecule has 1 fully saturated rings. The Balaban J connectivity index is 1.66. The summed E-state index contributed by atoms with van der Waals surface area (Å²) in [7, 11) is 0. The predicted octanol–water partition coefficient (Wildman–Crippen LogP) is 8.49. The van der Waals surface area contributed by atoms with Gasteiger partial charge in [-0.1, -0.05) is 31.2 Å². The monoisotopic (exact) mass is 516 g/mol. The lowest BCUT2D eigenvalue weighted by atomic mass is 9.84. The molecule has 0 bridgehead atoms. The van der Waals surface area contributed by atoms with Crippen LogP contribution in [-0.4, -0.2) is 6.18 Å². The van der Waals surface area contributed by atoms with Crippen molar-refractivity contribution in [2.75, 3.05) is 0 Å². The van der Waals surface area contributed by atoms with Crippen LogP contribution < -0.4 is 4.74 Å². The molecule has 1 aliphatic carbocycles. The van der Waals surface area contributed by atoms with Gasteiger partial charge in [0, 0.05) is 12.0 Å². The molecule has 0 aliphatic heterocycles. The zero-order valence-corrected chi connectivity index (χ0v) is 18.4. The van der Waals surface area contributed by atoms with Gasteiger partial charge in [0.15, 0.2) is 5.82 Å². The van der Waals surface area contributed by atoms with Gasteiger partial charge in [-0.05, 0) is 54.0 Å². The molecule has 0 radical (unpaired) electrons. The highest BCUT2D eigenvalue weighted by molar-refractivity contribution is 5.87. The van der Waals surface area contributed by atoms with E-state index in [1.54, 1.807) is 0 Å². The molecule has 0 N–H and O–H groups in total. The molecule has 3 aromatic rings. The van der Waals surface area contributed by atoms with Crippen molar-refractivity contribution in [3.05, 3.63) is 76.4 Å². The van der Waals surface area contributed by atoms with E-state index in [1.165, 1.54) is 12.0 Å². The zero-order chi connectivity index (χ0) is 26.3. The molecule has 4 rings (SSSR count). The van der Waals surface area contributed by atoms with Crippen molar-refractivity contribution in [3.63, 3.8) is 0 Å². The Morgan fingerprint density at radius 1 is 0.778 bits per heavy atom. The summed E-state index contributed by atoms with van der Waals surface area (Å²) in [5, 5.41) is -1.58. The molecular formula is C26H17F9O. The van der Waals surface area contributed by atoms with Gasteiger partial charge < -0.3 is 4.74 Å². The van der Waals surface area contributed by atoms with Crippen molar-refractivity contribution >= 4 is 10.8 Å². The molecule has 0 spiro atoms. The van der Waals surface area contributed by atoms with E-state index in [1.807, 2.05) is 0 Å². The van der Waals surface area contributed by atoms with Gasteiger partial charge in [-0.25, -0.2) is 17.6 Å². The average molecular weight is 516 g/mol. The van der Waals surface area contributed by atoms with Gasteiger partial charge in [-0.3, -0.25) is 0 Å². The van der Waals surface area contributed by atoms with Crippen molar-refractivity contribution in [3.8, 4) is 17.6 Å². The maximum absolute atomic E-state index is 14.8. The quantitative estimate of drug-likeness (QED) is 0.250. The second-order valence-electron chi connectivity index (χ2n) is 8.49. The van der Waals surface area contributed by atoms with Crippen LogP contribution in [0.15, 0.2) is 36.4 Å². The van der Waals surface area contributed by atoms with E-state index >= 15 is 0 Å². The molecule has 1 aliphatic rings. The zero-order valence-electron chi connectivity index (χ0n) is 18.4. The van der Waals surface area contributed by atoms with Crippen molar-refractivity contribution in [2.45, 2.75) is 50.3 Å². The third-order valence-corrected chi connectivity index (χ3v) is 6.01. The van der Waals surface area contributed by atoms with Crippen LogP contribution in [0.2, 0.25) is 0 Å². The first kappa shape index (κ1) is 25.7. The van der Waals surface area contributed by atoms with E-state index in [0.717, 1.165) is 44.2 Å². The maximum atomic E-state index is 14.8. The Morgan fingerprint density at radius 2 is 1.47 bits per heavy atom. The van der Waals surface area contributed by atoms with Gasteiger partial charge in [0.05, 0.1) is 16.5 Å². The molecule has 1 nitrogen and oxygen atoms in total. The minimum Gasteiger partial charge on any atom is -0.429 e. The van der Waals surface area contributed by atoms with Gasteiger partial charge in [0.25, 0.3) is 0 Å². The fourth-order valence-electron chi connectivity index (χ4n) is 4.35. The maximum Gasteiger partial charge on any atom is 0.458 e.